The number of carboxylic acid groups (broad SMARTS) is 1. The van der Waals surface area contributed by atoms with Gasteiger partial charge in [0.25, 0.3) is 5.91 Å². The van der Waals surface area contributed by atoms with Crippen molar-refractivity contribution >= 4 is 34.8 Å². The van der Waals surface area contributed by atoms with Crippen LogP contribution in [0.15, 0.2) is 66.7 Å². The summed E-state index contributed by atoms with van der Waals surface area (Å²) < 4.78 is 13.9. The molecule has 36 heavy (non-hydrogen) atoms. The first-order valence-electron chi connectivity index (χ1n) is 11.6. The van der Waals surface area contributed by atoms with E-state index in [1.165, 1.54) is 36.4 Å². The van der Waals surface area contributed by atoms with Gasteiger partial charge in [-0.25, -0.2) is 9.18 Å². The van der Waals surface area contributed by atoms with Crippen LogP contribution in [-0.2, 0) is 4.79 Å². The van der Waals surface area contributed by atoms with E-state index in [0.717, 1.165) is 11.3 Å². The maximum Gasteiger partial charge on any atom is 0.337 e. The Morgan fingerprint density at radius 2 is 1.58 bits per heavy atom. The second kappa shape index (κ2) is 11.0. The van der Waals surface area contributed by atoms with Gasteiger partial charge in [-0.15, -0.1) is 0 Å². The quantitative estimate of drug-likeness (QED) is 0.465. The number of aromatic carboxylic acids is 1. The highest BCUT2D eigenvalue weighted by Crippen LogP contribution is 2.25. The maximum atomic E-state index is 13.9. The molecule has 0 aromatic heterocycles. The molecule has 9 heteroatoms. The van der Waals surface area contributed by atoms with Crippen molar-refractivity contribution in [2.75, 3.05) is 48.3 Å². The van der Waals surface area contributed by atoms with Gasteiger partial charge < -0.3 is 20.6 Å². The molecular weight excluding hydrogens is 463 g/mol. The Balaban J connectivity index is 1.36. The highest BCUT2D eigenvalue weighted by atomic mass is 19.1. The largest absolute Gasteiger partial charge is 0.478 e. The van der Waals surface area contributed by atoms with E-state index in [9.17, 15) is 23.9 Å². The van der Waals surface area contributed by atoms with Gasteiger partial charge in [0.15, 0.2) is 0 Å². The topological polar surface area (TPSA) is 102 Å². The van der Waals surface area contributed by atoms with Gasteiger partial charge in [-0.2, -0.15) is 0 Å². The summed E-state index contributed by atoms with van der Waals surface area (Å²) in [6.07, 6.45) is 0. The fourth-order valence-electron chi connectivity index (χ4n) is 4.05. The average Bonchev–Trinajstić information content (AvgIpc) is 2.86. The Morgan fingerprint density at radius 3 is 2.25 bits per heavy atom. The third-order valence-corrected chi connectivity index (χ3v) is 6.04. The predicted octanol–water partition coefficient (Wildman–Crippen LogP) is 3.85. The third kappa shape index (κ3) is 6.05. The Morgan fingerprint density at radius 1 is 0.889 bits per heavy atom. The van der Waals surface area contributed by atoms with E-state index in [0.29, 0.717) is 31.9 Å². The number of halogens is 1. The van der Waals surface area contributed by atoms with Gasteiger partial charge in [0.2, 0.25) is 5.91 Å². The molecule has 0 bridgehead atoms. The van der Waals surface area contributed by atoms with E-state index in [2.05, 4.69) is 10.6 Å². The number of rotatable bonds is 7. The minimum atomic E-state index is -1.20. The average molecular weight is 491 g/mol. The number of amides is 2. The van der Waals surface area contributed by atoms with Crippen LogP contribution in [-0.4, -0.2) is 60.5 Å². The molecule has 1 aliphatic heterocycles. The van der Waals surface area contributed by atoms with E-state index in [-0.39, 0.29) is 29.3 Å². The van der Waals surface area contributed by atoms with Crippen molar-refractivity contribution in [1.82, 2.24) is 4.90 Å². The molecule has 0 radical (unpaired) electrons. The molecule has 1 aliphatic rings. The van der Waals surface area contributed by atoms with Crippen LogP contribution < -0.4 is 15.5 Å². The standard InChI is InChI=1S/C27H27FN4O4/c1-18-6-8-19(9-7-18)29-25(33)17-31-12-14-32(15-13-31)20-10-11-24(22(16-20)27(35)36)30-26(34)21-4-2-3-5-23(21)28/h2-11,16H,12-15,17H2,1H3,(H,29,33)(H,30,34)(H,35,36). The highest BCUT2D eigenvalue weighted by Gasteiger charge is 2.22. The first kappa shape index (κ1) is 24.9. The molecule has 186 valence electrons. The Kier molecular flexibility index (Phi) is 7.60. The van der Waals surface area contributed by atoms with Gasteiger partial charge in [-0.05, 0) is 49.4 Å². The normalized spacial score (nSPS) is 13.8. The summed E-state index contributed by atoms with van der Waals surface area (Å²) in [5.74, 6) is -2.70. The number of benzene rings is 3. The van der Waals surface area contributed by atoms with E-state index in [4.69, 9.17) is 0 Å². The summed E-state index contributed by atoms with van der Waals surface area (Å²) >= 11 is 0. The SMILES string of the molecule is Cc1ccc(NC(=O)CN2CCN(c3ccc(NC(=O)c4ccccc4F)c(C(=O)O)c3)CC2)cc1. The van der Waals surface area contributed by atoms with Gasteiger partial charge in [0, 0.05) is 37.6 Å². The molecule has 8 nitrogen and oxygen atoms in total. The van der Waals surface area contributed by atoms with Gasteiger partial charge in [-0.1, -0.05) is 29.8 Å². The molecular formula is C27H27FN4O4. The summed E-state index contributed by atoms with van der Waals surface area (Å²) in [5, 5.41) is 15.1. The fraction of sp³-hybridized carbons (Fsp3) is 0.222. The molecule has 2 amide bonds. The number of carbonyl (C=O) groups excluding carboxylic acids is 2. The Labute approximate surface area is 208 Å². The van der Waals surface area contributed by atoms with Crippen molar-refractivity contribution in [3.8, 4) is 0 Å². The number of carboxylic acids is 1. The second-order valence-electron chi connectivity index (χ2n) is 8.65. The number of aryl methyl sites for hydroxylation is 1. The van der Waals surface area contributed by atoms with Crippen LogP contribution in [0.1, 0.15) is 26.3 Å². The van der Waals surface area contributed by atoms with E-state index in [1.54, 1.807) is 6.07 Å². The number of nitrogens with one attached hydrogen (secondary N) is 2. The van der Waals surface area contributed by atoms with Gasteiger partial charge >= 0.3 is 5.97 Å². The number of carbonyl (C=O) groups is 3. The van der Waals surface area contributed by atoms with Crippen LogP contribution in [0.2, 0.25) is 0 Å². The first-order chi connectivity index (χ1) is 17.3. The maximum absolute atomic E-state index is 13.9. The van der Waals surface area contributed by atoms with Crippen LogP contribution in [0.25, 0.3) is 0 Å². The molecule has 0 unspecified atom stereocenters. The molecule has 0 spiro atoms. The van der Waals surface area contributed by atoms with Gasteiger partial charge in [0.05, 0.1) is 23.4 Å². The van der Waals surface area contributed by atoms with E-state index >= 15 is 0 Å². The summed E-state index contributed by atoms with van der Waals surface area (Å²) in [4.78, 5) is 40.8. The van der Waals surface area contributed by atoms with Crippen molar-refractivity contribution in [2.24, 2.45) is 0 Å². The van der Waals surface area contributed by atoms with Crippen molar-refractivity contribution in [2.45, 2.75) is 6.92 Å². The smallest absolute Gasteiger partial charge is 0.337 e. The zero-order valence-corrected chi connectivity index (χ0v) is 19.8. The molecule has 0 saturated carbocycles. The fourth-order valence-corrected chi connectivity index (χ4v) is 4.05. The lowest BCUT2D eigenvalue weighted by Crippen LogP contribution is -2.48. The Hall–Kier alpha value is -4.24. The number of hydrogen-bond donors (Lipinski definition) is 3. The molecule has 3 N–H and O–H groups in total. The van der Waals surface area contributed by atoms with Gasteiger partial charge in [-0.3, -0.25) is 14.5 Å². The van der Waals surface area contributed by atoms with Crippen molar-refractivity contribution in [3.63, 3.8) is 0 Å². The number of nitrogens with zero attached hydrogens (tertiary/aromatic N) is 2. The first-order valence-corrected chi connectivity index (χ1v) is 11.6. The Bertz CT molecular complexity index is 1270. The van der Waals surface area contributed by atoms with Gasteiger partial charge in [0.1, 0.15) is 5.82 Å². The van der Waals surface area contributed by atoms with Crippen LogP contribution in [0.5, 0.6) is 0 Å². The second-order valence-corrected chi connectivity index (χ2v) is 8.65. The number of piperazine rings is 1. The monoisotopic (exact) mass is 490 g/mol. The third-order valence-electron chi connectivity index (χ3n) is 6.04. The molecule has 1 fully saturated rings. The molecule has 0 atom stereocenters. The summed E-state index contributed by atoms with van der Waals surface area (Å²) in [6.45, 7) is 4.74. The van der Waals surface area contributed by atoms with Crippen LogP contribution in [0, 0.1) is 12.7 Å². The van der Waals surface area contributed by atoms with Crippen molar-refractivity contribution in [1.29, 1.82) is 0 Å². The summed E-state index contributed by atoms with van der Waals surface area (Å²) in [6, 6.07) is 17.9. The number of hydrogen-bond acceptors (Lipinski definition) is 5. The summed E-state index contributed by atoms with van der Waals surface area (Å²) in [7, 11) is 0. The number of anilines is 3. The lowest BCUT2D eigenvalue weighted by Gasteiger charge is -2.36. The zero-order chi connectivity index (χ0) is 25.7. The highest BCUT2D eigenvalue weighted by molar-refractivity contribution is 6.08. The van der Waals surface area contributed by atoms with Crippen LogP contribution >= 0.6 is 0 Å². The zero-order valence-electron chi connectivity index (χ0n) is 19.8. The van der Waals surface area contributed by atoms with Crippen molar-refractivity contribution in [3.05, 3.63) is 89.2 Å². The molecule has 3 aromatic carbocycles. The minimum absolute atomic E-state index is 0.0860. The minimum Gasteiger partial charge on any atom is -0.478 e. The lowest BCUT2D eigenvalue weighted by atomic mass is 10.1. The van der Waals surface area contributed by atoms with Crippen LogP contribution in [0.4, 0.5) is 21.5 Å². The lowest BCUT2D eigenvalue weighted by molar-refractivity contribution is -0.117. The van der Waals surface area contributed by atoms with E-state index < -0.39 is 17.7 Å². The molecule has 0 aliphatic carbocycles. The molecule has 1 heterocycles. The predicted molar refractivity (Wildman–Crippen MR) is 136 cm³/mol. The molecule has 3 aromatic rings. The summed E-state index contributed by atoms with van der Waals surface area (Å²) in [5.41, 5.74) is 2.41. The van der Waals surface area contributed by atoms with Crippen molar-refractivity contribution < 1.29 is 23.9 Å². The molecule has 4 rings (SSSR count). The molecule has 1 saturated heterocycles. The van der Waals surface area contributed by atoms with E-state index in [1.807, 2.05) is 41.0 Å². The van der Waals surface area contributed by atoms with Crippen LogP contribution in [0.3, 0.4) is 0 Å².